The molecule has 1 aliphatic carbocycles. The van der Waals surface area contributed by atoms with Gasteiger partial charge in [0.1, 0.15) is 5.82 Å². The van der Waals surface area contributed by atoms with Crippen molar-refractivity contribution in [3.8, 4) is 0 Å². The number of aliphatic hydroxyl groups excluding tert-OH is 1. The van der Waals surface area contributed by atoms with Crippen molar-refractivity contribution >= 4 is 48.2 Å². The third kappa shape index (κ3) is 2.78. The third-order valence-corrected chi connectivity index (χ3v) is 6.38. The van der Waals surface area contributed by atoms with E-state index in [1.54, 1.807) is 12.3 Å². The molecule has 0 amide bonds. The molecule has 0 spiro atoms. The van der Waals surface area contributed by atoms with Crippen molar-refractivity contribution in [3.63, 3.8) is 0 Å². The maximum absolute atomic E-state index is 13.9. The van der Waals surface area contributed by atoms with Crippen LogP contribution in [0.4, 0.5) is 9.52 Å². The Bertz CT molecular complexity index is 1220. The first-order valence-electron chi connectivity index (χ1n) is 9.08. The number of hydrogen-bond acceptors (Lipinski definition) is 5. The van der Waals surface area contributed by atoms with Crippen molar-refractivity contribution in [2.45, 2.75) is 37.8 Å². The zero-order valence-electron chi connectivity index (χ0n) is 14.5. The van der Waals surface area contributed by atoms with Crippen LogP contribution < -0.4 is 10.9 Å². The summed E-state index contributed by atoms with van der Waals surface area (Å²) >= 11 is 1.52. The standard InChI is InChI=1S/C20H18FN3O2S/c21-10-1-6-13-15(9-10)16-14(7-8-22-19(16)26)18-17(13)24-20(27-18)23-11-2-4-12(25)5-3-11/h1,6-9,11-12,25H,2-5H2,(H,22,26)(H,23,24)/t11-,12-. The molecule has 0 bridgehead atoms. The summed E-state index contributed by atoms with van der Waals surface area (Å²) in [4.78, 5) is 19.9. The Labute approximate surface area is 157 Å². The Morgan fingerprint density at radius 2 is 1.96 bits per heavy atom. The molecule has 1 fully saturated rings. The summed E-state index contributed by atoms with van der Waals surface area (Å²) in [6.45, 7) is 0. The first kappa shape index (κ1) is 16.6. The zero-order chi connectivity index (χ0) is 18.5. The van der Waals surface area contributed by atoms with E-state index in [-0.39, 0.29) is 23.5 Å². The predicted octanol–water partition coefficient (Wildman–Crippen LogP) is 4.15. The summed E-state index contributed by atoms with van der Waals surface area (Å²) < 4.78 is 14.8. The average molecular weight is 383 g/mol. The van der Waals surface area contributed by atoms with Gasteiger partial charge < -0.3 is 15.4 Å². The van der Waals surface area contributed by atoms with E-state index >= 15 is 0 Å². The number of hydrogen-bond donors (Lipinski definition) is 3. The van der Waals surface area contributed by atoms with Crippen LogP contribution >= 0.6 is 11.3 Å². The van der Waals surface area contributed by atoms with E-state index in [4.69, 9.17) is 4.98 Å². The lowest BCUT2D eigenvalue weighted by Crippen LogP contribution is -2.28. The van der Waals surface area contributed by atoms with Crippen molar-refractivity contribution in [1.29, 1.82) is 0 Å². The van der Waals surface area contributed by atoms with Gasteiger partial charge in [-0.25, -0.2) is 9.37 Å². The van der Waals surface area contributed by atoms with Crippen LogP contribution in [0, 0.1) is 5.82 Å². The van der Waals surface area contributed by atoms with Crippen LogP contribution in [0.15, 0.2) is 35.3 Å². The van der Waals surface area contributed by atoms with Gasteiger partial charge in [0, 0.05) is 28.4 Å². The summed E-state index contributed by atoms with van der Waals surface area (Å²) in [5, 5.41) is 16.6. The van der Waals surface area contributed by atoms with Crippen molar-refractivity contribution in [2.24, 2.45) is 0 Å². The molecule has 7 heteroatoms. The Kier molecular flexibility index (Phi) is 3.87. The molecule has 2 aromatic heterocycles. The number of nitrogens with zero attached hydrogens (tertiary/aromatic N) is 1. The molecule has 0 unspecified atom stereocenters. The van der Waals surface area contributed by atoms with Crippen LogP contribution in [0.1, 0.15) is 25.7 Å². The van der Waals surface area contributed by atoms with E-state index in [0.717, 1.165) is 51.8 Å². The van der Waals surface area contributed by atoms with Crippen LogP contribution in [-0.2, 0) is 0 Å². The zero-order valence-corrected chi connectivity index (χ0v) is 15.3. The maximum Gasteiger partial charge on any atom is 0.256 e. The van der Waals surface area contributed by atoms with E-state index in [9.17, 15) is 14.3 Å². The van der Waals surface area contributed by atoms with Crippen molar-refractivity contribution < 1.29 is 9.50 Å². The molecule has 138 valence electrons. The molecule has 4 aromatic rings. The monoisotopic (exact) mass is 383 g/mol. The van der Waals surface area contributed by atoms with Gasteiger partial charge in [-0.15, -0.1) is 0 Å². The van der Waals surface area contributed by atoms with Crippen LogP contribution in [-0.4, -0.2) is 27.2 Å². The molecular weight excluding hydrogens is 365 g/mol. The second-order valence-electron chi connectivity index (χ2n) is 7.13. The van der Waals surface area contributed by atoms with Crippen molar-refractivity contribution in [2.75, 3.05) is 5.32 Å². The Morgan fingerprint density at radius 1 is 1.15 bits per heavy atom. The summed E-state index contributed by atoms with van der Waals surface area (Å²) in [7, 11) is 0. The summed E-state index contributed by atoms with van der Waals surface area (Å²) in [6.07, 6.45) is 4.82. The van der Waals surface area contributed by atoms with Gasteiger partial charge in [-0.3, -0.25) is 4.79 Å². The van der Waals surface area contributed by atoms with Crippen LogP contribution in [0.3, 0.4) is 0 Å². The lowest BCUT2D eigenvalue weighted by molar-refractivity contribution is 0.126. The van der Waals surface area contributed by atoms with E-state index in [2.05, 4.69) is 10.3 Å². The molecule has 1 saturated carbocycles. The van der Waals surface area contributed by atoms with E-state index in [1.807, 2.05) is 6.07 Å². The maximum atomic E-state index is 13.9. The fourth-order valence-corrected chi connectivity index (χ4v) is 5.09. The van der Waals surface area contributed by atoms with E-state index < -0.39 is 0 Å². The fraction of sp³-hybridized carbons (Fsp3) is 0.300. The SMILES string of the molecule is O=c1[nH]ccc2c3sc(N[C@H]4CC[C@H](O)CC4)nc3c3ccc(F)cc3c12. The third-order valence-electron chi connectivity index (χ3n) is 5.36. The quantitative estimate of drug-likeness (QED) is 0.455. The lowest BCUT2D eigenvalue weighted by Gasteiger charge is -2.25. The largest absolute Gasteiger partial charge is 0.393 e. The van der Waals surface area contributed by atoms with E-state index in [1.165, 1.54) is 23.5 Å². The van der Waals surface area contributed by atoms with Crippen molar-refractivity contribution in [1.82, 2.24) is 9.97 Å². The number of thiazole rings is 1. The van der Waals surface area contributed by atoms with Gasteiger partial charge in [-0.1, -0.05) is 11.3 Å². The highest BCUT2D eigenvalue weighted by Gasteiger charge is 2.21. The average Bonchev–Trinajstić information content (AvgIpc) is 3.07. The number of nitrogens with one attached hydrogen (secondary N) is 2. The van der Waals surface area contributed by atoms with Gasteiger partial charge in [0.05, 0.1) is 21.7 Å². The van der Waals surface area contributed by atoms with Gasteiger partial charge in [0.2, 0.25) is 0 Å². The number of rotatable bonds is 2. The number of benzene rings is 2. The fourth-order valence-electron chi connectivity index (χ4n) is 4.01. The summed E-state index contributed by atoms with van der Waals surface area (Å²) in [5.41, 5.74) is 0.556. The first-order valence-corrected chi connectivity index (χ1v) is 9.89. The number of pyridine rings is 1. The molecule has 2 aromatic carbocycles. The summed E-state index contributed by atoms with van der Waals surface area (Å²) in [5.74, 6) is -0.374. The molecule has 5 rings (SSSR count). The molecule has 27 heavy (non-hydrogen) atoms. The van der Waals surface area contributed by atoms with E-state index in [0.29, 0.717) is 10.8 Å². The number of aromatic nitrogens is 2. The van der Waals surface area contributed by atoms with Gasteiger partial charge >= 0.3 is 0 Å². The van der Waals surface area contributed by atoms with Gasteiger partial charge in [-0.2, -0.15) is 0 Å². The number of H-pyrrole nitrogens is 1. The number of anilines is 1. The highest BCUT2D eigenvalue weighted by atomic mass is 32.1. The molecule has 0 saturated heterocycles. The minimum absolute atomic E-state index is 0.201. The number of aliphatic hydroxyl groups is 1. The van der Waals surface area contributed by atoms with Gasteiger partial charge in [0.25, 0.3) is 5.56 Å². The van der Waals surface area contributed by atoms with Crippen LogP contribution in [0.25, 0.3) is 31.8 Å². The molecule has 0 atom stereocenters. The smallest absolute Gasteiger partial charge is 0.256 e. The molecule has 5 nitrogen and oxygen atoms in total. The molecule has 3 N–H and O–H groups in total. The minimum atomic E-state index is -0.374. The normalized spacial score (nSPS) is 20.5. The Hall–Kier alpha value is -2.51. The van der Waals surface area contributed by atoms with Gasteiger partial charge in [0.15, 0.2) is 5.13 Å². The summed E-state index contributed by atoms with van der Waals surface area (Å²) in [6, 6.07) is 6.63. The second-order valence-corrected chi connectivity index (χ2v) is 8.13. The van der Waals surface area contributed by atoms with Crippen molar-refractivity contribution in [3.05, 3.63) is 46.6 Å². The lowest BCUT2D eigenvalue weighted by atomic mass is 9.93. The van der Waals surface area contributed by atoms with Crippen LogP contribution in [0.2, 0.25) is 0 Å². The predicted molar refractivity (Wildman–Crippen MR) is 107 cm³/mol. The minimum Gasteiger partial charge on any atom is -0.393 e. The topological polar surface area (TPSA) is 78.0 Å². The molecule has 2 heterocycles. The van der Waals surface area contributed by atoms with Gasteiger partial charge in [-0.05, 0) is 49.9 Å². The van der Waals surface area contributed by atoms with Crippen LogP contribution in [0.5, 0.6) is 0 Å². The molecule has 0 aliphatic heterocycles. The highest BCUT2D eigenvalue weighted by molar-refractivity contribution is 7.23. The molecule has 1 aliphatic rings. The molecule has 0 radical (unpaired) electrons. The Morgan fingerprint density at radius 3 is 2.78 bits per heavy atom. The highest BCUT2D eigenvalue weighted by Crippen LogP contribution is 2.39. The molecular formula is C20H18FN3O2S. The number of fused-ring (bicyclic) bond motifs is 6. The second kappa shape index (κ2) is 6.28. The Balaban J connectivity index is 1.72. The number of aromatic amines is 1. The number of halogens is 1. The first-order chi connectivity index (χ1) is 13.1.